The van der Waals surface area contributed by atoms with E-state index < -0.39 is 10.0 Å². The van der Waals surface area contributed by atoms with Crippen molar-refractivity contribution < 1.29 is 17.6 Å². The molecule has 1 N–H and O–H groups in total. The van der Waals surface area contributed by atoms with Crippen molar-refractivity contribution in [1.29, 1.82) is 0 Å². The van der Waals surface area contributed by atoms with Crippen LogP contribution in [0.1, 0.15) is 11.8 Å². The van der Waals surface area contributed by atoms with E-state index in [1.165, 1.54) is 0 Å². The minimum absolute atomic E-state index is 0.181. The average Bonchev–Trinajstić information content (AvgIpc) is 3.23. The molecule has 0 radical (unpaired) electrons. The standard InChI is InChI=1S/C19H21N3O4S/c23-27(24,18-7-1-4-15-5-2-8-20-19(15)18)21-14-16(17-6-3-11-26-17)22-9-12-25-13-10-22/h1-8,11,16,21H,9-10,12-14H2. The molecular weight excluding hydrogens is 366 g/mol. The van der Waals surface area contributed by atoms with Gasteiger partial charge in [-0.15, -0.1) is 0 Å². The zero-order valence-electron chi connectivity index (χ0n) is 14.7. The molecule has 1 aromatic carbocycles. The fourth-order valence-corrected chi connectivity index (χ4v) is 4.55. The maximum atomic E-state index is 13.0. The van der Waals surface area contributed by atoms with Crippen LogP contribution in [0.4, 0.5) is 0 Å². The molecular formula is C19H21N3O4S. The molecule has 1 unspecified atom stereocenters. The van der Waals surface area contributed by atoms with Crippen LogP contribution in [0.3, 0.4) is 0 Å². The number of pyridine rings is 1. The second-order valence-electron chi connectivity index (χ2n) is 6.36. The van der Waals surface area contributed by atoms with Gasteiger partial charge in [0, 0.05) is 31.2 Å². The molecule has 3 heterocycles. The molecule has 0 aliphatic carbocycles. The number of aromatic nitrogens is 1. The van der Waals surface area contributed by atoms with Crippen molar-refractivity contribution >= 4 is 20.9 Å². The maximum Gasteiger partial charge on any atom is 0.242 e. The molecule has 1 saturated heterocycles. The van der Waals surface area contributed by atoms with Gasteiger partial charge in [-0.1, -0.05) is 18.2 Å². The fraction of sp³-hybridized carbons (Fsp3) is 0.316. The van der Waals surface area contributed by atoms with Crippen LogP contribution in [0.5, 0.6) is 0 Å². The van der Waals surface area contributed by atoms with Crippen LogP contribution in [0.2, 0.25) is 0 Å². The lowest BCUT2D eigenvalue weighted by Crippen LogP contribution is -2.43. The van der Waals surface area contributed by atoms with Gasteiger partial charge in [0.1, 0.15) is 10.7 Å². The Morgan fingerprint density at radius 1 is 1.11 bits per heavy atom. The third-order valence-corrected chi connectivity index (χ3v) is 6.17. The van der Waals surface area contributed by atoms with E-state index in [-0.39, 0.29) is 17.5 Å². The van der Waals surface area contributed by atoms with Crippen LogP contribution in [0, 0.1) is 0 Å². The summed E-state index contributed by atoms with van der Waals surface area (Å²) in [6.07, 6.45) is 3.20. The van der Waals surface area contributed by atoms with Crippen molar-refractivity contribution in [2.75, 3.05) is 32.8 Å². The number of furan rings is 1. The second kappa shape index (κ2) is 7.77. The molecule has 8 heteroatoms. The molecule has 27 heavy (non-hydrogen) atoms. The second-order valence-corrected chi connectivity index (χ2v) is 8.10. The van der Waals surface area contributed by atoms with E-state index in [0.29, 0.717) is 18.7 Å². The Balaban J connectivity index is 1.59. The molecule has 1 atom stereocenters. The van der Waals surface area contributed by atoms with Gasteiger partial charge in [0.2, 0.25) is 10.0 Å². The molecule has 1 aliphatic heterocycles. The van der Waals surface area contributed by atoms with Gasteiger partial charge in [0.15, 0.2) is 0 Å². The zero-order valence-corrected chi connectivity index (χ0v) is 15.6. The Bertz CT molecular complexity index is 993. The highest BCUT2D eigenvalue weighted by Crippen LogP contribution is 2.24. The molecule has 7 nitrogen and oxygen atoms in total. The Morgan fingerprint density at radius 3 is 2.70 bits per heavy atom. The van der Waals surface area contributed by atoms with Crippen LogP contribution in [0.25, 0.3) is 10.9 Å². The topological polar surface area (TPSA) is 84.7 Å². The van der Waals surface area contributed by atoms with Crippen molar-refractivity contribution in [1.82, 2.24) is 14.6 Å². The first-order valence-electron chi connectivity index (χ1n) is 8.84. The highest BCUT2D eigenvalue weighted by atomic mass is 32.2. The summed E-state index contributed by atoms with van der Waals surface area (Å²) in [5.41, 5.74) is 0.466. The van der Waals surface area contributed by atoms with Gasteiger partial charge in [0.25, 0.3) is 0 Å². The molecule has 0 saturated carbocycles. The van der Waals surface area contributed by atoms with Gasteiger partial charge in [0.05, 0.1) is 31.0 Å². The summed E-state index contributed by atoms with van der Waals surface area (Å²) in [6, 6.07) is 12.3. The van der Waals surface area contributed by atoms with Crippen molar-refractivity contribution in [2.45, 2.75) is 10.9 Å². The Morgan fingerprint density at radius 2 is 1.93 bits per heavy atom. The SMILES string of the molecule is O=S(=O)(NCC(c1ccco1)N1CCOCC1)c1cccc2cccnc12. The van der Waals surface area contributed by atoms with Crippen LogP contribution in [0.15, 0.2) is 64.2 Å². The molecule has 1 fully saturated rings. The Labute approximate surface area is 158 Å². The van der Waals surface area contributed by atoms with Crippen LogP contribution >= 0.6 is 0 Å². The molecule has 0 bridgehead atoms. The first kappa shape index (κ1) is 18.1. The highest BCUT2D eigenvalue weighted by molar-refractivity contribution is 7.89. The third-order valence-electron chi connectivity index (χ3n) is 4.71. The molecule has 4 rings (SSSR count). The quantitative estimate of drug-likeness (QED) is 0.698. The summed E-state index contributed by atoms with van der Waals surface area (Å²) in [7, 11) is -3.72. The number of ether oxygens (including phenoxy) is 1. The third kappa shape index (κ3) is 3.89. The number of morpholine rings is 1. The fourth-order valence-electron chi connectivity index (χ4n) is 3.34. The Hall–Kier alpha value is -2.26. The number of sulfonamides is 1. The molecule has 1 aliphatic rings. The predicted molar refractivity (Wildman–Crippen MR) is 101 cm³/mol. The molecule has 0 amide bonds. The normalized spacial score (nSPS) is 17.2. The average molecular weight is 387 g/mol. The summed E-state index contributed by atoms with van der Waals surface area (Å²) >= 11 is 0. The summed E-state index contributed by atoms with van der Waals surface area (Å²) in [4.78, 5) is 6.60. The molecule has 142 valence electrons. The number of para-hydroxylation sites is 1. The molecule has 3 aromatic rings. The van der Waals surface area contributed by atoms with E-state index in [1.54, 1.807) is 30.7 Å². The smallest absolute Gasteiger partial charge is 0.242 e. The summed E-state index contributed by atoms with van der Waals surface area (Å²) in [5, 5.41) is 0.788. The number of hydrogen-bond donors (Lipinski definition) is 1. The van der Waals surface area contributed by atoms with E-state index in [4.69, 9.17) is 9.15 Å². The van der Waals surface area contributed by atoms with Crippen molar-refractivity contribution in [3.8, 4) is 0 Å². The van der Waals surface area contributed by atoms with Crippen LogP contribution in [-0.4, -0.2) is 51.1 Å². The van der Waals surface area contributed by atoms with Gasteiger partial charge in [-0.25, -0.2) is 13.1 Å². The number of fused-ring (bicyclic) bond motifs is 1. The number of benzene rings is 1. The van der Waals surface area contributed by atoms with Gasteiger partial charge in [-0.2, -0.15) is 0 Å². The van der Waals surface area contributed by atoms with Gasteiger partial charge in [-0.05, 0) is 24.3 Å². The lowest BCUT2D eigenvalue weighted by molar-refractivity contribution is 0.0128. The monoisotopic (exact) mass is 387 g/mol. The van der Waals surface area contributed by atoms with Gasteiger partial charge >= 0.3 is 0 Å². The lowest BCUT2D eigenvalue weighted by atomic mass is 10.2. The van der Waals surface area contributed by atoms with Crippen molar-refractivity contribution in [3.63, 3.8) is 0 Å². The number of rotatable bonds is 6. The highest BCUT2D eigenvalue weighted by Gasteiger charge is 2.27. The number of hydrogen-bond acceptors (Lipinski definition) is 6. The zero-order chi connectivity index (χ0) is 18.7. The summed E-state index contributed by atoms with van der Waals surface area (Å²) in [5.74, 6) is 0.732. The maximum absolute atomic E-state index is 13.0. The van der Waals surface area contributed by atoms with Gasteiger partial charge < -0.3 is 9.15 Å². The Kier molecular flexibility index (Phi) is 5.22. The largest absolute Gasteiger partial charge is 0.468 e. The molecule has 0 spiro atoms. The van der Waals surface area contributed by atoms with Crippen LogP contribution < -0.4 is 4.72 Å². The first-order chi connectivity index (χ1) is 13.1. The number of nitrogens with zero attached hydrogens (tertiary/aromatic N) is 2. The van der Waals surface area contributed by atoms with E-state index in [1.807, 2.05) is 24.3 Å². The summed E-state index contributed by atoms with van der Waals surface area (Å²) < 4.78 is 39.7. The van der Waals surface area contributed by atoms with Gasteiger partial charge in [-0.3, -0.25) is 9.88 Å². The first-order valence-corrected chi connectivity index (χ1v) is 10.3. The minimum atomic E-state index is -3.72. The van der Waals surface area contributed by atoms with E-state index in [0.717, 1.165) is 24.2 Å². The predicted octanol–water partition coefficient (Wildman–Crippen LogP) is 2.18. The molecule has 2 aromatic heterocycles. The van der Waals surface area contributed by atoms with Crippen molar-refractivity contribution in [2.24, 2.45) is 0 Å². The van der Waals surface area contributed by atoms with Crippen molar-refractivity contribution in [3.05, 3.63) is 60.7 Å². The van der Waals surface area contributed by atoms with E-state index in [2.05, 4.69) is 14.6 Å². The summed E-state index contributed by atoms with van der Waals surface area (Å²) in [6.45, 7) is 2.90. The van der Waals surface area contributed by atoms with Crippen LogP contribution in [-0.2, 0) is 14.8 Å². The number of nitrogens with one attached hydrogen (secondary N) is 1. The minimum Gasteiger partial charge on any atom is -0.468 e. The van der Waals surface area contributed by atoms with E-state index >= 15 is 0 Å². The van der Waals surface area contributed by atoms with E-state index in [9.17, 15) is 8.42 Å². The lowest BCUT2D eigenvalue weighted by Gasteiger charge is -2.33.